The number of rotatable bonds is 10. The number of hydrogen-bond donors (Lipinski definition) is 0. The lowest BCUT2D eigenvalue weighted by atomic mass is 9.96. The molecule has 3 aromatic carbocycles. The van der Waals surface area contributed by atoms with Crippen LogP contribution in [0.15, 0.2) is 72.8 Å². The van der Waals surface area contributed by atoms with E-state index in [2.05, 4.69) is 90.1 Å². The van der Waals surface area contributed by atoms with Crippen LogP contribution < -0.4 is 0 Å². The highest BCUT2D eigenvalue weighted by Gasteiger charge is 2.03. The number of benzene rings is 3. The predicted octanol–water partition coefficient (Wildman–Crippen LogP) is 11.1. The van der Waals surface area contributed by atoms with Crippen LogP contribution in [0.1, 0.15) is 101 Å². The van der Waals surface area contributed by atoms with Crippen molar-refractivity contribution in [3.05, 3.63) is 106 Å². The quantitative estimate of drug-likeness (QED) is 0.244. The van der Waals surface area contributed by atoms with Crippen LogP contribution in [0.4, 0.5) is 0 Å². The molecule has 1 nitrogen and oxygen atoms in total. The van der Waals surface area contributed by atoms with Crippen molar-refractivity contribution in [3.8, 4) is 0 Å². The van der Waals surface area contributed by atoms with Gasteiger partial charge in [0.05, 0.1) is 0 Å². The molecule has 2 unspecified atom stereocenters. The van der Waals surface area contributed by atoms with Gasteiger partial charge >= 0.3 is 0 Å². The number of carbonyl (C=O) groups is 1. The van der Waals surface area contributed by atoms with Gasteiger partial charge in [0.25, 0.3) is 0 Å². The minimum absolute atomic E-state index is 0. The summed E-state index contributed by atoms with van der Waals surface area (Å²) in [5, 5.41) is 0. The molecule has 3 rings (SSSR count). The molecule has 0 heterocycles. The fourth-order valence-corrected chi connectivity index (χ4v) is 4.78. The van der Waals surface area contributed by atoms with E-state index in [9.17, 15) is 4.79 Å². The lowest BCUT2D eigenvalue weighted by Crippen LogP contribution is -1.99. The number of ketones is 1. The minimum atomic E-state index is 0. The fraction of sp³-hybridized carbons (Fsp3) is 0.486. The summed E-state index contributed by atoms with van der Waals surface area (Å²) in [6.07, 6.45) is 8.30. The molecule has 3 aromatic rings. The van der Waals surface area contributed by atoms with E-state index in [0.29, 0.717) is 6.42 Å². The molecule has 0 aliphatic heterocycles. The molecular formula is C37H57ClO. The Morgan fingerprint density at radius 1 is 0.641 bits per heavy atom. The summed E-state index contributed by atoms with van der Waals surface area (Å²) in [6.45, 7) is 17.2. The third-order valence-electron chi connectivity index (χ3n) is 6.43. The minimum Gasteiger partial charge on any atom is -0.300 e. The lowest BCUT2D eigenvalue weighted by Gasteiger charge is -2.09. The Labute approximate surface area is 248 Å². The zero-order valence-corrected chi connectivity index (χ0v) is 26.2. The van der Waals surface area contributed by atoms with E-state index in [1.54, 1.807) is 6.92 Å². The predicted molar refractivity (Wildman–Crippen MR) is 177 cm³/mol. The molecule has 0 bridgehead atoms. The molecule has 0 fully saturated rings. The average Bonchev–Trinajstić information content (AvgIpc) is 2.80. The van der Waals surface area contributed by atoms with Gasteiger partial charge in [-0.25, -0.2) is 0 Å². The van der Waals surface area contributed by atoms with Gasteiger partial charge in [-0.1, -0.05) is 150 Å². The lowest BCUT2D eigenvalue weighted by molar-refractivity contribution is -0.116. The van der Waals surface area contributed by atoms with Crippen LogP contribution in [0.2, 0.25) is 0 Å². The Morgan fingerprint density at radius 3 is 1.28 bits per heavy atom. The molecule has 0 amide bonds. The molecular weight excluding hydrogens is 496 g/mol. The Balaban J connectivity index is 0. The molecule has 2 heteroatoms. The first-order chi connectivity index (χ1) is 17.6. The monoisotopic (exact) mass is 552 g/mol. The van der Waals surface area contributed by atoms with Crippen molar-refractivity contribution < 1.29 is 4.79 Å². The standard InChI is InChI=1S/2C13H20.C10H12O.CH4.ClH/c2*1-4-6-11(2)9-13-8-5-7-12(3)10-13;1-8-4-3-5-10(6-8)7-9(2)11;;/h2*5,7-8,10-11H,4,6,9H2,1-3H3;3-6H,7H2,1-2H3;1H4;1H. The first-order valence-electron chi connectivity index (χ1n) is 14.3. The number of carbonyl (C=O) groups excluding carboxylic acids is 1. The molecule has 2 atom stereocenters. The Kier molecular flexibility index (Phi) is 22.3. The van der Waals surface area contributed by atoms with Gasteiger partial charge in [-0.2, -0.15) is 0 Å². The summed E-state index contributed by atoms with van der Waals surface area (Å²) >= 11 is 0. The van der Waals surface area contributed by atoms with Crippen molar-refractivity contribution in [2.75, 3.05) is 0 Å². The first kappa shape index (κ1) is 38.8. The highest BCUT2D eigenvalue weighted by atomic mass is 35.5. The number of halogens is 1. The third-order valence-corrected chi connectivity index (χ3v) is 6.43. The average molecular weight is 553 g/mol. The van der Waals surface area contributed by atoms with Crippen LogP contribution in [0, 0.1) is 32.6 Å². The third kappa shape index (κ3) is 19.3. The van der Waals surface area contributed by atoms with Gasteiger partial charge in [-0.3, -0.25) is 4.79 Å². The molecule has 0 radical (unpaired) electrons. The van der Waals surface area contributed by atoms with Gasteiger partial charge in [0.1, 0.15) is 5.78 Å². The van der Waals surface area contributed by atoms with E-state index in [0.717, 1.165) is 17.4 Å². The van der Waals surface area contributed by atoms with E-state index in [-0.39, 0.29) is 25.6 Å². The molecule has 39 heavy (non-hydrogen) atoms. The van der Waals surface area contributed by atoms with Crippen LogP contribution >= 0.6 is 12.4 Å². The second-order valence-electron chi connectivity index (χ2n) is 11.0. The summed E-state index contributed by atoms with van der Waals surface area (Å²) in [4.78, 5) is 10.7. The van der Waals surface area contributed by atoms with Crippen LogP contribution in [-0.2, 0) is 24.1 Å². The van der Waals surface area contributed by atoms with Gasteiger partial charge in [-0.15, -0.1) is 12.4 Å². The van der Waals surface area contributed by atoms with Crippen molar-refractivity contribution in [1.29, 1.82) is 0 Å². The van der Waals surface area contributed by atoms with Crippen molar-refractivity contribution in [3.63, 3.8) is 0 Å². The van der Waals surface area contributed by atoms with E-state index in [1.807, 2.05) is 31.2 Å². The molecule has 218 valence electrons. The maximum absolute atomic E-state index is 10.7. The molecule has 0 aliphatic carbocycles. The van der Waals surface area contributed by atoms with Crippen molar-refractivity contribution >= 4 is 18.2 Å². The maximum Gasteiger partial charge on any atom is 0.134 e. The zero-order chi connectivity index (χ0) is 27.6. The fourth-order valence-electron chi connectivity index (χ4n) is 4.78. The number of aryl methyl sites for hydroxylation is 3. The van der Waals surface area contributed by atoms with E-state index >= 15 is 0 Å². The SMILES string of the molecule is C.CC(=O)Cc1cccc(C)c1.CCCC(C)Cc1cccc(C)c1.CCCC(C)Cc1cccc(C)c1.Cl. The summed E-state index contributed by atoms with van der Waals surface area (Å²) in [5.74, 6) is 1.87. The first-order valence-corrected chi connectivity index (χ1v) is 14.3. The maximum atomic E-state index is 10.7. The summed E-state index contributed by atoms with van der Waals surface area (Å²) in [6, 6.07) is 25.7. The summed E-state index contributed by atoms with van der Waals surface area (Å²) in [5.41, 5.74) is 8.05. The van der Waals surface area contributed by atoms with Crippen LogP contribution in [0.25, 0.3) is 0 Å². The van der Waals surface area contributed by atoms with E-state index in [1.165, 1.54) is 66.3 Å². The smallest absolute Gasteiger partial charge is 0.134 e. The Bertz CT molecular complexity index is 983. The van der Waals surface area contributed by atoms with Crippen molar-refractivity contribution in [2.24, 2.45) is 11.8 Å². The topological polar surface area (TPSA) is 17.1 Å². The molecule has 0 aliphatic rings. The van der Waals surface area contributed by atoms with Gasteiger partial charge in [-0.05, 0) is 69.1 Å². The number of Topliss-reactive ketones (excluding diaryl/α,β-unsaturated/α-hetero) is 1. The highest BCUT2D eigenvalue weighted by molar-refractivity contribution is 5.85. The summed E-state index contributed by atoms with van der Waals surface area (Å²) < 4.78 is 0. The van der Waals surface area contributed by atoms with Crippen LogP contribution in [0.3, 0.4) is 0 Å². The molecule has 0 aromatic heterocycles. The Morgan fingerprint density at radius 2 is 0.974 bits per heavy atom. The van der Waals surface area contributed by atoms with Gasteiger partial charge in [0, 0.05) is 6.42 Å². The largest absolute Gasteiger partial charge is 0.300 e. The van der Waals surface area contributed by atoms with Crippen LogP contribution in [-0.4, -0.2) is 5.78 Å². The highest BCUT2D eigenvalue weighted by Crippen LogP contribution is 2.15. The van der Waals surface area contributed by atoms with Gasteiger partial charge in [0.2, 0.25) is 0 Å². The van der Waals surface area contributed by atoms with Gasteiger partial charge in [0.15, 0.2) is 0 Å². The molecule has 0 spiro atoms. The van der Waals surface area contributed by atoms with Gasteiger partial charge < -0.3 is 0 Å². The van der Waals surface area contributed by atoms with E-state index < -0.39 is 0 Å². The molecule has 0 saturated heterocycles. The Hall–Kier alpha value is -2.38. The second kappa shape index (κ2) is 22.4. The second-order valence-corrected chi connectivity index (χ2v) is 11.0. The zero-order valence-electron chi connectivity index (χ0n) is 25.3. The summed E-state index contributed by atoms with van der Waals surface area (Å²) in [7, 11) is 0. The molecule has 0 N–H and O–H groups in total. The van der Waals surface area contributed by atoms with Crippen LogP contribution in [0.5, 0.6) is 0 Å². The van der Waals surface area contributed by atoms with E-state index in [4.69, 9.17) is 0 Å². The van der Waals surface area contributed by atoms with Crippen molar-refractivity contribution in [2.45, 2.75) is 108 Å². The number of hydrogen-bond acceptors (Lipinski definition) is 1. The molecule has 0 saturated carbocycles. The van der Waals surface area contributed by atoms with Crippen molar-refractivity contribution in [1.82, 2.24) is 0 Å². The normalized spacial score (nSPS) is 11.3.